The summed E-state index contributed by atoms with van der Waals surface area (Å²) in [6.45, 7) is 5.36. The fraction of sp³-hybridized carbons (Fsp3) is 0.385. The van der Waals surface area contributed by atoms with Crippen LogP contribution in [0.15, 0.2) is 16.9 Å². The molecule has 0 atom stereocenters. The Kier molecular flexibility index (Phi) is 3.34. The molecule has 0 aliphatic carbocycles. The van der Waals surface area contributed by atoms with Crippen molar-refractivity contribution in [2.45, 2.75) is 33.5 Å². The number of aromatic amines is 1. The van der Waals surface area contributed by atoms with Gasteiger partial charge in [0.25, 0.3) is 5.56 Å². The predicted molar refractivity (Wildman–Crippen MR) is 68.8 cm³/mol. The fourth-order valence-corrected chi connectivity index (χ4v) is 1.74. The highest BCUT2D eigenvalue weighted by atomic mass is 16.5. The van der Waals surface area contributed by atoms with E-state index in [1.165, 1.54) is 0 Å². The first-order valence-corrected chi connectivity index (χ1v) is 5.82. The Labute approximate surface area is 104 Å². The lowest BCUT2D eigenvalue weighted by Gasteiger charge is -2.13. The van der Waals surface area contributed by atoms with Crippen LogP contribution in [0.1, 0.15) is 25.1 Å². The van der Waals surface area contributed by atoms with E-state index < -0.39 is 0 Å². The Morgan fingerprint density at radius 1 is 1.44 bits per heavy atom. The van der Waals surface area contributed by atoms with Gasteiger partial charge in [-0.05, 0) is 38.5 Å². The number of aliphatic hydroxyl groups is 1. The molecule has 0 aliphatic rings. The molecule has 0 aliphatic heterocycles. The number of aryl methyl sites for hydroxylation is 1. The van der Waals surface area contributed by atoms with Crippen molar-refractivity contribution in [1.29, 1.82) is 0 Å². The van der Waals surface area contributed by atoms with Crippen molar-refractivity contribution in [2.75, 3.05) is 0 Å². The zero-order chi connectivity index (χ0) is 13.3. The SMILES string of the molecule is Cc1nc2c(OC(C)C)cc(CO)cc2[nH]c1=O. The zero-order valence-electron chi connectivity index (χ0n) is 10.7. The van der Waals surface area contributed by atoms with Gasteiger partial charge in [0.15, 0.2) is 0 Å². The number of aliphatic hydroxyl groups excluding tert-OH is 1. The van der Waals surface area contributed by atoms with Crippen molar-refractivity contribution >= 4 is 11.0 Å². The topological polar surface area (TPSA) is 75.2 Å². The summed E-state index contributed by atoms with van der Waals surface area (Å²) in [6, 6.07) is 3.45. The molecule has 96 valence electrons. The van der Waals surface area contributed by atoms with Gasteiger partial charge in [-0.1, -0.05) is 0 Å². The van der Waals surface area contributed by atoms with Crippen molar-refractivity contribution in [1.82, 2.24) is 9.97 Å². The lowest BCUT2D eigenvalue weighted by atomic mass is 10.2. The van der Waals surface area contributed by atoms with Gasteiger partial charge in [0.05, 0.1) is 18.2 Å². The number of hydrogen-bond acceptors (Lipinski definition) is 4. The summed E-state index contributed by atoms with van der Waals surface area (Å²) in [7, 11) is 0. The third kappa shape index (κ3) is 2.36. The zero-order valence-corrected chi connectivity index (χ0v) is 10.7. The molecule has 2 aromatic rings. The summed E-state index contributed by atoms with van der Waals surface area (Å²) in [4.78, 5) is 18.5. The van der Waals surface area contributed by atoms with E-state index >= 15 is 0 Å². The fourth-order valence-electron chi connectivity index (χ4n) is 1.74. The molecule has 0 fully saturated rings. The average Bonchev–Trinajstić information content (AvgIpc) is 2.30. The molecule has 5 heteroatoms. The van der Waals surface area contributed by atoms with Crippen LogP contribution in [-0.4, -0.2) is 21.2 Å². The van der Waals surface area contributed by atoms with Crippen molar-refractivity contribution < 1.29 is 9.84 Å². The number of nitrogens with one attached hydrogen (secondary N) is 1. The van der Waals surface area contributed by atoms with Crippen LogP contribution in [0, 0.1) is 6.92 Å². The predicted octanol–water partition coefficient (Wildman–Crippen LogP) is 1.51. The van der Waals surface area contributed by atoms with Gasteiger partial charge in [-0.15, -0.1) is 0 Å². The molecule has 0 radical (unpaired) electrons. The van der Waals surface area contributed by atoms with Crippen LogP contribution in [0.3, 0.4) is 0 Å². The Morgan fingerprint density at radius 2 is 2.17 bits per heavy atom. The maximum absolute atomic E-state index is 11.5. The van der Waals surface area contributed by atoms with E-state index in [4.69, 9.17) is 4.74 Å². The smallest absolute Gasteiger partial charge is 0.269 e. The van der Waals surface area contributed by atoms with E-state index in [-0.39, 0.29) is 18.3 Å². The van der Waals surface area contributed by atoms with E-state index in [0.29, 0.717) is 28.0 Å². The first kappa shape index (κ1) is 12.6. The molecule has 0 bridgehead atoms. The van der Waals surface area contributed by atoms with E-state index in [1.54, 1.807) is 19.1 Å². The number of ether oxygens (including phenoxy) is 1. The van der Waals surface area contributed by atoms with Crippen molar-refractivity contribution in [3.05, 3.63) is 33.7 Å². The molecule has 0 spiro atoms. The molecule has 0 unspecified atom stereocenters. The van der Waals surface area contributed by atoms with Gasteiger partial charge in [-0.3, -0.25) is 4.79 Å². The summed E-state index contributed by atoms with van der Waals surface area (Å²) in [5.41, 5.74) is 2.03. The quantitative estimate of drug-likeness (QED) is 0.863. The molecule has 0 saturated heterocycles. The second kappa shape index (κ2) is 4.78. The summed E-state index contributed by atoms with van der Waals surface area (Å²) >= 11 is 0. The number of benzene rings is 1. The summed E-state index contributed by atoms with van der Waals surface area (Å²) in [6.07, 6.45) is -0.00354. The Bertz CT molecular complexity index is 632. The lowest BCUT2D eigenvalue weighted by molar-refractivity contribution is 0.242. The lowest BCUT2D eigenvalue weighted by Crippen LogP contribution is -2.13. The number of rotatable bonds is 3. The van der Waals surface area contributed by atoms with E-state index in [1.807, 2.05) is 13.8 Å². The van der Waals surface area contributed by atoms with Crippen LogP contribution >= 0.6 is 0 Å². The minimum atomic E-state index is -0.229. The number of aromatic nitrogens is 2. The van der Waals surface area contributed by atoms with Crippen molar-refractivity contribution in [3.63, 3.8) is 0 Å². The molecular weight excluding hydrogens is 232 g/mol. The minimum Gasteiger partial charge on any atom is -0.489 e. The van der Waals surface area contributed by atoms with Crippen LogP contribution in [0.25, 0.3) is 11.0 Å². The third-order valence-electron chi connectivity index (χ3n) is 2.54. The molecule has 0 amide bonds. The van der Waals surface area contributed by atoms with Gasteiger partial charge in [-0.25, -0.2) is 4.98 Å². The molecule has 1 aromatic heterocycles. The van der Waals surface area contributed by atoms with Crippen LogP contribution in [0.5, 0.6) is 5.75 Å². The first-order chi connectivity index (χ1) is 8.51. The van der Waals surface area contributed by atoms with Gasteiger partial charge >= 0.3 is 0 Å². The highest BCUT2D eigenvalue weighted by Crippen LogP contribution is 2.25. The second-order valence-corrected chi connectivity index (χ2v) is 4.47. The van der Waals surface area contributed by atoms with Crippen LogP contribution < -0.4 is 10.3 Å². The highest BCUT2D eigenvalue weighted by Gasteiger charge is 2.10. The molecular formula is C13H16N2O3. The van der Waals surface area contributed by atoms with Crippen molar-refractivity contribution in [2.24, 2.45) is 0 Å². The Balaban J connectivity index is 2.72. The summed E-state index contributed by atoms with van der Waals surface area (Å²) in [5.74, 6) is 0.575. The number of H-pyrrole nitrogens is 1. The number of hydrogen-bond donors (Lipinski definition) is 2. The number of fused-ring (bicyclic) bond motifs is 1. The van der Waals surface area contributed by atoms with Crippen LogP contribution in [-0.2, 0) is 6.61 Å². The van der Waals surface area contributed by atoms with Gasteiger partial charge in [0, 0.05) is 0 Å². The number of nitrogens with zero attached hydrogens (tertiary/aromatic N) is 1. The highest BCUT2D eigenvalue weighted by molar-refractivity contribution is 5.81. The van der Waals surface area contributed by atoms with E-state index in [9.17, 15) is 9.90 Å². The third-order valence-corrected chi connectivity index (χ3v) is 2.54. The monoisotopic (exact) mass is 248 g/mol. The molecule has 5 nitrogen and oxygen atoms in total. The Hall–Kier alpha value is -1.88. The van der Waals surface area contributed by atoms with Crippen molar-refractivity contribution in [3.8, 4) is 5.75 Å². The van der Waals surface area contributed by atoms with E-state index in [0.717, 1.165) is 0 Å². The maximum atomic E-state index is 11.5. The second-order valence-electron chi connectivity index (χ2n) is 4.47. The normalized spacial score (nSPS) is 11.2. The minimum absolute atomic E-state index is 0.00354. The van der Waals surface area contributed by atoms with Gasteiger partial charge < -0.3 is 14.8 Å². The summed E-state index contributed by atoms with van der Waals surface area (Å²) in [5, 5.41) is 9.21. The molecule has 2 N–H and O–H groups in total. The Morgan fingerprint density at radius 3 is 2.78 bits per heavy atom. The van der Waals surface area contributed by atoms with Crippen LogP contribution in [0.4, 0.5) is 0 Å². The molecule has 0 saturated carbocycles. The molecule has 18 heavy (non-hydrogen) atoms. The average molecular weight is 248 g/mol. The standard InChI is InChI=1S/C13H16N2O3/c1-7(2)18-11-5-9(6-16)4-10-12(11)14-8(3)13(17)15-10/h4-5,7,16H,6H2,1-3H3,(H,15,17). The van der Waals surface area contributed by atoms with Gasteiger partial charge in [0.1, 0.15) is 17.0 Å². The molecule has 1 heterocycles. The first-order valence-electron chi connectivity index (χ1n) is 5.82. The van der Waals surface area contributed by atoms with E-state index in [2.05, 4.69) is 9.97 Å². The van der Waals surface area contributed by atoms with Gasteiger partial charge in [0.2, 0.25) is 0 Å². The summed E-state index contributed by atoms with van der Waals surface area (Å²) < 4.78 is 5.67. The van der Waals surface area contributed by atoms with Gasteiger partial charge in [-0.2, -0.15) is 0 Å². The molecule has 1 aromatic carbocycles. The largest absolute Gasteiger partial charge is 0.489 e. The van der Waals surface area contributed by atoms with Crippen LogP contribution in [0.2, 0.25) is 0 Å². The molecule has 2 rings (SSSR count). The maximum Gasteiger partial charge on any atom is 0.269 e.